The standard InChI is InChI=1S/C17H13F6N3O2/c1-9-14(16(18,19)20)26-7-11(6-24-15(26)25-9)13-4-3-12(28-17(21,22)23)5-10(13)8-27-2/h3-7H,8H2,1-2H3. The van der Waals surface area contributed by atoms with Gasteiger partial charge in [0.1, 0.15) is 5.75 Å². The van der Waals surface area contributed by atoms with Crippen LogP contribution in [0.15, 0.2) is 30.6 Å². The van der Waals surface area contributed by atoms with Gasteiger partial charge in [-0.3, -0.25) is 4.40 Å². The van der Waals surface area contributed by atoms with E-state index in [0.29, 0.717) is 5.56 Å². The summed E-state index contributed by atoms with van der Waals surface area (Å²) in [5.41, 5.74) is -0.313. The summed E-state index contributed by atoms with van der Waals surface area (Å²) in [6.45, 7) is 1.13. The second kappa shape index (κ2) is 6.97. The average Bonchev–Trinajstić information content (AvgIpc) is 2.88. The van der Waals surface area contributed by atoms with E-state index in [0.717, 1.165) is 16.5 Å². The average molecular weight is 405 g/mol. The molecule has 0 saturated heterocycles. The van der Waals surface area contributed by atoms with Gasteiger partial charge in [-0.2, -0.15) is 13.2 Å². The Bertz CT molecular complexity index is 1010. The minimum absolute atomic E-state index is 0.0858. The highest BCUT2D eigenvalue weighted by molar-refractivity contribution is 5.68. The van der Waals surface area contributed by atoms with Gasteiger partial charge in [0.15, 0.2) is 5.69 Å². The molecule has 0 bridgehead atoms. The van der Waals surface area contributed by atoms with Crippen molar-refractivity contribution in [1.29, 1.82) is 0 Å². The zero-order valence-corrected chi connectivity index (χ0v) is 14.5. The van der Waals surface area contributed by atoms with Crippen molar-refractivity contribution in [3.05, 3.63) is 47.5 Å². The van der Waals surface area contributed by atoms with Crippen molar-refractivity contribution in [2.24, 2.45) is 0 Å². The van der Waals surface area contributed by atoms with Crippen molar-refractivity contribution in [1.82, 2.24) is 14.4 Å². The highest BCUT2D eigenvalue weighted by atomic mass is 19.4. The third kappa shape index (κ3) is 4.03. The molecule has 2 aromatic heterocycles. The summed E-state index contributed by atoms with van der Waals surface area (Å²) in [5.74, 6) is -0.606. The van der Waals surface area contributed by atoms with E-state index in [4.69, 9.17) is 4.74 Å². The number of hydrogen-bond acceptors (Lipinski definition) is 4. The third-order valence-electron chi connectivity index (χ3n) is 3.84. The summed E-state index contributed by atoms with van der Waals surface area (Å²) in [6.07, 6.45) is -7.05. The van der Waals surface area contributed by atoms with Crippen LogP contribution in [0, 0.1) is 6.92 Å². The molecule has 2 heterocycles. The molecule has 150 valence electrons. The number of fused-ring (bicyclic) bond motifs is 1. The normalized spacial score (nSPS) is 12.6. The molecule has 3 rings (SSSR count). The van der Waals surface area contributed by atoms with Gasteiger partial charge in [-0.05, 0) is 30.2 Å². The van der Waals surface area contributed by atoms with Crippen molar-refractivity contribution in [2.45, 2.75) is 26.1 Å². The molecule has 0 radical (unpaired) electrons. The molecule has 0 atom stereocenters. The molecule has 1 aromatic carbocycles. The quantitative estimate of drug-likeness (QED) is 0.587. The first kappa shape index (κ1) is 19.9. The molecule has 0 aliphatic heterocycles. The highest BCUT2D eigenvalue weighted by Crippen LogP contribution is 2.34. The van der Waals surface area contributed by atoms with E-state index in [2.05, 4.69) is 14.7 Å². The monoisotopic (exact) mass is 405 g/mol. The highest BCUT2D eigenvalue weighted by Gasteiger charge is 2.37. The lowest BCUT2D eigenvalue weighted by Gasteiger charge is -2.14. The van der Waals surface area contributed by atoms with Gasteiger partial charge in [0.25, 0.3) is 0 Å². The lowest BCUT2D eigenvalue weighted by Crippen LogP contribution is -2.17. The summed E-state index contributed by atoms with van der Waals surface area (Å²) in [6, 6.07) is 3.48. The number of rotatable bonds is 4. The Labute approximate surface area is 154 Å². The lowest BCUT2D eigenvalue weighted by molar-refractivity contribution is -0.274. The number of imidazole rings is 1. The molecule has 0 amide bonds. The summed E-state index contributed by atoms with van der Waals surface area (Å²) >= 11 is 0. The Morgan fingerprint density at radius 1 is 1.11 bits per heavy atom. The lowest BCUT2D eigenvalue weighted by atomic mass is 10.0. The van der Waals surface area contributed by atoms with E-state index in [-0.39, 0.29) is 29.2 Å². The number of alkyl halides is 6. The molecule has 28 heavy (non-hydrogen) atoms. The van der Waals surface area contributed by atoms with Crippen LogP contribution in [0.3, 0.4) is 0 Å². The predicted octanol–water partition coefficient (Wildman–Crippen LogP) is 4.77. The summed E-state index contributed by atoms with van der Waals surface area (Å²) in [5, 5.41) is 0. The van der Waals surface area contributed by atoms with E-state index in [1.54, 1.807) is 0 Å². The SMILES string of the molecule is COCc1cc(OC(F)(F)F)ccc1-c1cnc2nc(C)c(C(F)(F)F)n2c1. The molecule has 11 heteroatoms. The second-order valence-electron chi connectivity index (χ2n) is 5.86. The Kier molecular flexibility index (Phi) is 4.96. The fourth-order valence-corrected chi connectivity index (χ4v) is 2.85. The fraction of sp³-hybridized carbons (Fsp3) is 0.294. The maximum Gasteiger partial charge on any atom is 0.573 e. The van der Waals surface area contributed by atoms with Crippen molar-refractivity contribution < 1.29 is 35.8 Å². The number of hydrogen-bond donors (Lipinski definition) is 0. The molecule has 0 saturated carbocycles. The minimum atomic E-state index is -4.87. The van der Waals surface area contributed by atoms with Crippen LogP contribution in [0.1, 0.15) is 17.0 Å². The number of methoxy groups -OCH3 is 1. The largest absolute Gasteiger partial charge is 0.573 e. The Balaban J connectivity index is 2.13. The number of halogens is 6. The third-order valence-corrected chi connectivity index (χ3v) is 3.84. The number of benzene rings is 1. The van der Waals surface area contributed by atoms with E-state index < -0.39 is 24.0 Å². The first-order valence-corrected chi connectivity index (χ1v) is 7.79. The number of ether oxygens (including phenoxy) is 2. The summed E-state index contributed by atoms with van der Waals surface area (Å²) in [7, 11) is 1.34. The van der Waals surface area contributed by atoms with Crippen LogP contribution in [0.5, 0.6) is 5.75 Å². The van der Waals surface area contributed by atoms with Crippen LogP contribution < -0.4 is 4.74 Å². The number of aryl methyl sites for hydroxylation is 1. The second-order valence-corrected chi connectivity index (χ2v) is 5.86. The first-order chi connectivity index (χ1) is 13.0. The van der Waals surface area contributed by atoms with Gasteiger partial charge >= 0.3 is 12.5 Å². The van der Waals surface area contributed by atoms with Crippen LogP contribution in [-0.2, 0) is 17.5 Å². The molecule has 3 aromatic rings. The smallest absolute Gasteiger partial charge is 0.406 e. The van der Waals surface area contributed by atoms with Gasteiger partial charge in [-0.1, -0.05) is 6.07 Å². The molecular formula is C17H13F6N3O2. The Morgan fingerprint density at radius 2 is 1.82 bits per heavy atom. The van der Waals surface area contributed by atoms with E-state index >= 15 is 0 Å². The molecule has 0 aliphatic carbocycles. The fourth-order valence-electron chi connectivity index (χ4n) is 2.85. The van der Waals surface area contributed by atoms with Crippen LogP contribution in [-0.4, -0.2) is 27.8 Å². The van der Waals surface area contributed by atoms with Gasteiger partial charge in [-0.25, -0.2) is 9.97 Å². The van der Waals surface area contributed by atoms with E-state index in [1.165, 1.54) is 32.5 Å². The predicted molar refractivity (Wildman–Crippen MR) is 85.6 cm³/mol. The van der Waals surface area contributed by atoms with E-state index in [9.17, 15) is 26.3 Å². The van der Waals surface area contributed by atoms with Crippen molar-refractivity contribution >= 4 is 5.78 Å². The molecule has 0 N–H and O–H groups in total. The molecule has 0 spiro atoms. The van der Waals surface area contributed by atoms with Crippen LogP contribution in [0.2, 0.25) is 0 Å². The van der Waals surface area contributed by atoms with Crippen molar-refractivity contribution in [2.75, 3.05) is 7.11 Å². The molecule has 0 aliphatic rings. The van der Waals surface area contributed by atoms with Crippen LogP contribution in [0.4, 0.5) is 26.3 Å². The Hall–Kier alpha value is -2.82. The number of nitrogens with zero attached hydrogens (tertiary/aromatic N) is 3. The maximum absolute atomic E-state index is 13.3. The van der Waals surface area contributed by atoms with E-state index in [1.807, 2.05) is 0 Å². The molecule has 5 nitrogen and oxygen atoms in total. The van der Waals surface area contributed by atoms with Gasteiger partial charge in [0.05, 0.1) is 12.3 Å². The van der Waals surface area contributed by atoms with Gasteiger partial charge in [0.2, 0.25) is 5.78 Å². The van der Waals surface area contributed by atoms with Crippen LogP contribution >= 0.6 is 0 Å². The van der Waals surface area contributed by atoms with Gasteiger partial charge in [-0.15, -0.1) is 13.2 Å². The maximum atomic E-state index is 13.3. The van der Waals surface area contributed by atoms with Gasteiger partial charge < -0.3 is 9.47 Å². The van der Waals surface area contributed by atoms with Crippen molar-refractivity contribution in [3.63, 3.8) is 0 Å². The zero-order chi connectivity index (χ0) is 20.7. The molecule has 0 unspecified atom stereocenters. The topological polar surface area (TPSA) is 48.7 Å². The van der Waals surface area contributed by atoms with Crippen molar-refractivity contribution in [3.8, 4) is 16.9 Å². The number of aromatic nitrogens is 3. The molecule has 0 fully saturated rings. The van der Waals surface area contributed by atoms with Crippen LogP contribution in [0.25, 0.3) is 16.9 Å². The summed E-state index contributed by atoms with van der Waals surface area (Å²) in [4.78, 5) is 7.73. The minimum Gasteiger partial charge on any atom is -0.406 e. The Morgan fingerprint density at radius 3 is 2.43 bits per heavy atom. The zero-order valence-electron chi connectivity index (χ0n) is 14.5. The summed E-state index contributed by atoms with van der Waals surface area (Å²) < 4.78 is 87.0. The first-order valence-electron chi connectivity index (χ1n) is 7.79. The van der Waals surface area contributed by atoms with Gasteiger partial charge in [0, 0.05) is 25.1 Å². The molecular weight excluding hydrogens is 392 g/mol.